The molecule has 5 nitrogen and oxygen atoms in total. The molecule has 0 aromatic heterocycles. The summed E-state index contributed by atoms with van der Waals surface area (Å²) in [5.74, 6) is -0.484. The zero-order chi connectivity index (χ0) is 15.1. The van der Waals surface area contributed by atoms with Crippen LogP contribution in [0.25, 0.3) is 0 Å². The largest absolute Gasteiger partial charge is 0.399 e. The molecule has 2 unspecified atom stereocenters. The van der Waals surface area contributed by atoms with Crippen LogP contribution in [0, 0.1) is 0 Å². The van der Waals surface area contributed by atoms with Gasteiger partial charge < -0.3 is 16.4 Å². The summed E-state index contributed by atoms with van der Waals surface area (Å²) < 4.78 is 0. The van der Waals surface area contributed by atoms with E-state index in [2.05, 4.69) is 16.8 Å². The summed E-state index contributed by atoms with van der Waals surface area (Å²) in [6.07, 6.45) is 3.52. The number of amides is 1. The number of hydrogen-bond donors (Lipinski definition) is 2. The van der Waals surface area contributed by atoms with E-state index in [1.807, 2.05) is 0 Å². The molecule has 114 valence electrons. The van der Waals surface area contributed by atoms with Crippen molar-refractivity contribution in [2.75, 3.05) is 30.8 Å². The Bertz CT molecular complexity index is 577. The Morgan fingerprint density at radius 3 is 2.71 bits per heavy atom. The van der Waals surface area contributed by atoms with E-state index < -0.39 is 5.91 Å². The van der Waals surface area contributed by atoms with Crippen LogP contribution >= 0.6 is 11.6 Å². The van der Waals surface area contributed by atoms with E-state index in [9.17, 15) is 4.79 Å². The summed E-state index contributed by atoms with van der Waals surface area (Å²) in [4.78, 5) is 16.4. The number of hydrogen-bond acceptors (Lipinski definition) is 4. The first-order chi connectivity index (χ1) is 9.97. The van der Waals surface area contributed by atoms with Gasteiger partial charge in [-0.1, -0.05) is 11.6 Å². The number of carbonyl (C=O) groups excluding carboxylic acids is 1. The Labute approximate surface area is 129 Å². The Morgan fingerprint density at radius 1 is 1.29 bits per heavy atom. The number of fused-ring (bicyclic) bond motifs is 2. The molecule has 1 aromatic rings. The fourth-order valence-electron chi connectivity index (χ4n) is 3.64. The zero-order valence-corrected chi connectivity index (χ0v) is 12.9. The highest BCUT2D eigenvalue weighted by atomic mass is 35.5. The van der Waals surface area contributed by atoms with Gasteiger partial charge >= 0.3 is 0 Å². The molecule has 2 atom stereocenters. The number of halogens is 1. The van der Waals surface area contributed by atoms with Crippen molar-refractivity contribution in [3.8, 4) is 0 Å². The van der Waals surface area contributed by atoms with Crippen molar-refractivity contribution in [3.05, 3.63) is 22.7 Å². The molecule has 4 N–H and O–H groups in total. The van der Waals surface area contributed by atoms with Gasteiger partial charge in [0.2, 0.25) is 0 Å². The van der Waals surface area contributed by atoms with E-state index in [1.54, 1.807) is 12.1 Å². The number of rotatable bonds is 2. The quantitative estimate of drug-likeness (QED) is 0.815. The van der Waals surface area contributed by atoms with E-state index in [0.717, 1.165) is 25.2 Å². The van der Waals surface area contributed by atoms with Crippen molar-refractivity contribution in [1.29, 1.82) is 0 Å². The molecule has 0 saturated carbocycles. The summed E-state index contributed by atoms with van der Waals surface area (Å²) in [6.45, 7) is 1.76. The highest BCUT2D eigenvalue weighted by molar-refractivity contribution is 6.34. The van der Waals surface area contributed by atoms with Crippen molar-refractivity contribution in [2.45, 2.75) is 31.3 Å². The minimum Gasteiger partial charge on any atom is -0.399 e. The summed E-state index contributed by atoms with van der Waals surface area (Å²) in [5, 5.41) is 0.504. The van der Waals surface area contributed by atoms with Crippen LogP contribution in [0.4, 0.5) is 11.4 Å². The second kappa shape index (κ2) is 5.39. The number of nitrogen functional groups attached to an aromatic ring is 1. The first-order valence-corrected chi connectivity index (χ1v) is 7.71. The molecule has 2 fully saturated rings. The van der Waals surface area contributed by atoms with Crippen molar-refractivity contribution < 1.29 is 4.79 Å². The maximum atomic E-state index is 11.7. The standard InChI is InChI=1S/C15H21ClN4O/c1-19-10-2-3-11(19)8-20(5-4-10)14-12(15(18)21)6-9(17)7-13(14)16/h6-7,10-11H,2-5,8,17H2,1H3,(H2,18,21). The molecule has 1 aromatic carbocycles. The molecule has 2 heterocycles. The number of nitrogens with zero attached hydrogens (tertiary/aromatic N) is 2. The Balaban J connectivity index is 1.98. The van der Waals surface area contributed by atoms with Crippen molar-refractivity contribution in [2.24, 2.45) is 5.73 Å². The number of likely N-dealkylation sites (N-methyl/N-ethyl adjacent to an activating group) is 1. The molecule has 2 aliphatic rings. The summed E-state index contributed by atoms with van der Waals surface area (Å²) in [5.41, 5.74) is 12.9. The van der Waals surface area contributed by atoms with Crippen LogP contribution in [0.2, 0.25) is 5.02 Å². The van der Waals surface area contributed by atoms with Gasteiger partial charge in [0.1, 0.15) is 0 Å². The van der Waals surface area contributed by atoms with Gasteiger partial charge in [-0.25, -0.2) is 0 Å². The van der Waals surface area contributed by atoms with Crippen LogP contribution in [0.5, 0.6) is 0 Å². The maximum Gasteiger partial charge on any atom is 0.250 e. The molecule has 0 aliphatic carbocycles. The first kappa shape index (κ1) is 14.5. The number of benzene rings is 1. The minimum atomic E-state index is -0.484. The number of nitrogens with two attached hydrogens (primary N) is 2. The minimum absolute atomic E-state index is 0.417. The van der Waals surface area contributed by atoms with Crippen molar-refractivity contribution >= 4 is 28.9 Å². The molecular weight excluding hydrogens is 288 g/mol. The molecule has 2 aliphatic heterocycles. The second-order valence-corrected chi connectivity index (χ2v) is 6.46. The fourth-order valence-corrected chi connectivity index (χ4v) is 3.99. The van der Waals surface area contributed by atoms with E-state index in [-0.39, 0.29) is 0 Å². The zero-order valence-electron chi connectivity index (χ0n) is 12.2. The van der Waals surface area contributed by atoms with Gasteiger partial charge in [0, 0.05) is 30.9 Å². The van der Waals surface area contributed by atoms with Crippen LogP contribution < -0.4 is 16.4 Å². The molecule has 1 amide bonds. The maximum absolute atomic E-state index is 11.7. The third kappa shape index (κ3) is 2.56. The third-order valence-corrected chi connectivity index (χ3v) is 5.10. The van der Waals surface area contributed by atoms with E-state index >= 15 is 0 Å². The lowest BCUT2D eigenvalue weighted by Crippen LogP contribution is -2.37. The molecule has 6 heteroatoms. The Kier molecular flexibility index (Phi) is 3.71. The third-order valence-electron chi connectivity index (χ3n) is 4.82. The van der Waals surface area contributed by atoms with Crippen molar-refractivity contribution in [3.63, 3.8) is 0 Å². The monoisotopic (exact) mass is 308 g/mol. The van der Waals surface area contributed by atoms with Gasteiger partial charge in [0.15, 0.2) is 0 Å². The molecular formula is C15H21ClN4O. The van der Waals surface area contributed by atoms with E-state index in [0.29, 0.717) is 28.4 Å². The average molecular weight is 309 g/mol. The molecule has 3 rings (SSSR count). The van der Waals surface area contributed by atoms with Gasteiger partial charge in [-0.15, -0.1) is 0 Å². The molecule has 2 saturated heterocycles. The van der Waals surface area contributed by atoms with Gasteiger partial charge in [-0.05, 0) is 38.4 Å². The van der Waals surface area contributed by atoms with E-state index in [1.165, 1.54) is 12.8 Å². The van der Waals surface area contributed by atoms with Crippen LogP contribution in [-0.2, 0) is 0 Å². The number of anilines is 2. The van der Waals surface area contributed by atoms with Gasteiger partial charge in [-0.2, -0.15) is 0 Å². The predicted octanol–water partition coefficient (Wildman–Crippen LogP) is 1.69. The smallest absolute Gasteiger partial charge is 0.250 e. The SMILES string of the molecule is CN1C2CCC1CN(c1c(Cl)cc(N)cc1C(N)=O)CC2. The van der Waals surface area contributed by atoms with Gasteiger partial charge in [0.25, 0.3) is 5.91 Å². The van der Waals surface area contributed by atoms with E-state index in [4.69, 9.17) is 23.1 Å². The summed E-state index contributed by atoms with van der Waals surface area (Å²) >= 11 is 6.36. The fraction of sp³-hybridized carbons (Fsp3) is 0.533. The normalized spacial score (nSPS) is 25.9. The number of primary amides is 1. The molecule has 0 spiro atoms. The Hall–Kier alpha value is -1.46. The van der Waals surface area contributed by atoms with Gasteiger partial charge in [0.05, 0.1) is 16.3 Å². The molecule has 2 bridgehead atoms. The molecule has 0 radical (unpaired) electrons. The number of carbonyl (C=O) groups is 1. The lowest BCUT2D eigenvalue weighted by molar-refractivity contribution is 0.100. The summed E-state index contributed by atoms with van der Waals surface area (Å²) in [6, 6.07) is 4.45. The second-order valence-electron chi connectivity index (χ2n) is 6.05. The van der Waals surface area contributed by atoms with Gasteiger partial charge in [-0.3, -0.25) is 9.69 Å². The highest BCUT2D eigenvalue weighted by Crippen LogP contribution is 2.36. The topological polar surface area (TPSA) is 75.6 Å². The lowest BCUT2D eigenvalue weighted by Gasteiger charge is -2.29. The molecule has 21 heavy (non-hydrogen) atoms. The average Bonchev–Trinajstić information content (AvgIpc) is 2.64. The van der Waals surface area contributed by atoms with Crippen LogP contribution in [0.1, 0.15) is 29.6 Å². The lowest BCUT2D eigenvalue weighted by atomic mass is 10.1. The van der Waals surface area contributed by atoms with Crippen molar-refractivity contribution in [1.82, 2.24) is 4.90 Å². The first-order valence-electron chi connectivity index (χ1n) is 7.33. The van der Waals surface area contributed by atoms with Crippen LogP contribution in [0.3, 0.4) is 0 Å². The predicted molar refractivity (Wildman–Crippen MR) is 85.8 cm³/mol. The van der Waals surface area contributed by atoms with Crippen LogP contribution in [0.15, 0.2) is 12.1 Å². The Morgan fingerprint density at radius 2 is 2.00 bits per heavy atom. The summed E-state index contributed by atoms with van der Waals surface area (Å²) in [7, 11) is 2.19. The van der Waals surface area contributed by atoms with Crippen LogP contribution in [-0.4, -0.2) is 43.0 Å². The highest BCUT2D eigenvalue weighted by Gasteiger charge is 2.35.